The van der Waals surface area contributed by atoms with Gasteiger partial charge in [0.15, 0.2) is 23.1 Å². The van der Waals surface area contributed by atoms with Gasteiger partial charge in [0.1, 0.15) is 16.7 Å². The largest absolute Gasteiger partial charge is 0.456 e. The Hall–Kier alpha value is -8.61. The van der Waals surface area contributed by atoms with E-state index in [0.29, 0.717) is 17.5 Å². The Bertz CT molecular complexity index is 4080. The van der Waals surface area contributed by atoms with Crippen molar-refractivity contribution in [2.75, 3.05) is 0 Å². The lowest BCUT2D eigenvalue weighted by atomic mass is 9.80. The molecule has 0 radical (unpaired) electrons. The highest BCUT2D eigenvalue weighted by atomic mass is 16.3. The highest BCUT2D eigenvalue weighted by Crippen LogP contribution is 2.54. The van der Waals surface area contributed by atoms with Crippen LogP contribution >= 0.6 is 0 Å². The van der Waals surface area contributed by atoms with E-state index in [-0.39, 0.29) is 5.41 Å². The fourth-order valence-corrected chi connectivity index (χ4v) is 11.0. The van der Waals surface area contributed by atoms with E-state index in [2.05, 4.69) is 134 Å². The second-order valence-corrected chi connectivity index (χ2v) is 17.8. The van der Waals surface area contributed by atoms with Crippen molar-refractivity contribution in [2.45, 2.75) is 19.3 Å². The first-order chi connectivity index (χ1) is 32.5. The Morgan fingerprint density at radius 3 is 1.80 bits per heavy atom. The third-order valence-electron chi connectivity index (χ3n) is 13.9. The Morgan fingerprint density at radius 2 is 1.00 bits per heavy atom. The standard InChI is InChI=1S/C60H38N4O2/c1-60(2)45-26-12-9-21-37(45)38-33-34-47-53(54(38)60)41-22-10-13-27-46(41)64(47)48-28-15-24-39-40-31-32-44(59-62-57(35-17-5-3-6-18-35)61-58(63-59)36-19-7-4-8-20-36)52(56(40)66-55(39)48)43-25-16-30-50-51(43)42-23-11-14-29-49(42)65-50/h3-34H,1-2H3. The van der Waals surface area contributed by atoms with Gasteiger partial charge in [0, 0.05) is 60.0 Å². The molecule has 1 aliphatic carbocycles. The minimum atomic E-state index is -0.189. The fourth-order valence-electron chi connectivity index (χ4n) is 11.0. The molecule has 14 rings (SSSR count). The molecule has 1 aliphatic rings. The predicted octanol–water partition coefficient (Wildman–Crippen LogP) is 15.7. The third-order valence-corrected chi connectivity index (χ3v) is 13.9. The van der Waals surface area contributed by atoms with E-state index in [1.807, 2.05) is 78.9 Å². The van der Waals surface area contributed by atoms with E-state index in [1.54, 1.807) is 0 Å². The molecule has 0 spiro atoms. The summed E-state index contributed by atoms with van der Waals surface area (Å²) in [6.07, 6.45) is 0. The Balaban J connectivity index is 1.09. The zero-order chi connectivity index (χ0) is 43.7. The van der Waals surface area contributed by atoms with Gasteiger partial charge in [-0.15, -0.1) is 0 Å². The first-order valence-corrected chi connectivity index (χ1v) is 22.4. The lowest BCUT2D eigenvalue weighted by Crippen LogP contribution is -2.15. The molecule has 6 nitrogen and oxygen atoms in total. The van der Waals surface area contributed by atoms with Crippen molar-refractivity contribution in [2.24, 2.45) is 0 Å². The van der Waals surface area contributed by atoms with Gasteiger partial charge in [0.25, 0.3) is 0 Å². The van der Waals surface area contributed by atoms with Crippen LogP contribution in [0.3, 0.4) is 0 Å². The summed E-state index contributed by atoms with van der Waals surface area (Å²) in [6, 6.07) is 67.9. The molecule has 0 aliphatic heterocycles. The molecule has 0 amide bonds. The predicted molar refractivity (Wildman–Crippen MR) is 268 cm³/mol. The van der Waals surface area contributed by atoms with Crippen LogP contribution < -0.4 is 0 Å². The maximum absolute atomic E-state index is 7.48. The molecule has 4 heterocycles. The van der Waals surface area contributed by atoms with E-state index in [9.17, 15) is 0 Å². The average Bonchev–Trinajstić information content (AvgIpc) is 4.11. The van der Waals surface area contributed by atoms with Crippen LogP contribution in [-0.2, 0) is 5.41 Å². The van der Waals surface area contributed by atoms with Gasteiger partial charge in [-0.3, -0.25) is 0 Å². The van der Waals surface area contributed by atoms with E-state index in [4.69, 9.17) is 23.8 Å². The van der Waals surface area contributed by atoms with E-state index < -0.39 is 0 Å². The van der Waals surface area contributed by atoms with Gasteiger partial charge >= 0.3 is 0 Å². The normalized spacial score (nSPS) is 13.1. The molecule has 13 aromatic rings. The van der Waals surface area contributed by atoms with Gasteiger partial charge < -0.3 is 13.4 Å². The molecule has 0 bridgehead atoms. The zero-order valence-corrected chi connectivity index (χ0v) is 36.1. The number of aromatic nitrogens is 4. The Kier molecular flexibility index (Phi) is 7.64. The van der Waals surface area contributed by atoms with Gasteiger partial charge in [0.05, 0.1) is 16.7 Å². The highest BCUT2D eigenvalue weighted by Gasteiger charge is 2.38. The SMILES string of the molecule is CC1(C)c2ccccc2-c2ccc3c(c21)c1ccccc1n3-c1cccc2c1oc1c(-c3cccc4oc5ccccc5c34)c(-c3nc(-c4ccccc4)nc(-c4ccccc4)n3)ccc12. The van der Waals surface area contributed by atoms with Crippen molar-refractivity contribution in [3.8, 4) is 62.1 Å². The van der Waals surface area contributed by atoms with Gasteiger partial charge in [0.2, 0.25) is 0 Å². The summed E-state index contributed by atoms with van der Waals surface area (Å²) in [5.41, 5.74) is 16.0. The van der Waals surface area contributed by atoms with Crippen LogP contribution in [0, 0.1) is 0 Å². The second-order valence-electron chi connectivity index (χ2n) is 17.8. The molecular formula is C60H38N4O2. The average molecular weight is 847 g/mol. The summed E-state index contributed by atoms with van der Waals surface area (Å²) < 4.78 is 16.4. The summed E-state index contributed by atoms with van der Waals surface area (Å²) in [5.74, 6) is 1.73. The first-order valence-electron chi connectivity index (χ1n) is 22.4. The summed E-state index contributed by atoms with van der Waals surface area (Å²) in [6.45, 7) is 4.73. The quantitative estimate of drug-likeness (QED) is 0.173. The molecule has 66 heavy (non-hydrogen) atoms. The number of furan rings is 2. The van der Waals surface area contributed by atoms with Crippen LogP contribution in [0.25, 0.3) is 128 Å². The van der Waals surface area contributed by atoms with Crippen molar-refractivity contribution in [3.05, 3.63) is 205 Å². The van der Waals surface area contributed by atoms with Crippen molar-refractivity contribution < 1.29 is 8.83 Å². The van der Waals surface area contributed by atoms with Gasteiger partial charge in [-0.25, -0.2) is 15.0 Å². The van der Waals surface area contributed by atoms with E-state index >= 15 is 0 Å². The Labute approximate surface area is 379 Å². The molecule has 0 unspecified atom stereocenters. The van der Waals surface area contributed by atoms with Crippen LogP contribution in [0.15, 0.2) is 203 Å². The maximum Gasteiger partial charge on any atom is 0.164 e. The fraction of sp³-hybridized carbons (Fsp3) is 0.0500. The van der Waals surface area contributed by atoms with Crippen molar-refractivity contribution in [1.29, 1.82) is 0 Å². The number of hydrogen-bond acceptors (Lipinski definition) is 5. The number of benzene rings is 9. The molecule has 6 heteroatoms. The van der Waals surface area contributed by atoms with Crippen LogP contribution in [0.1, 0.15) is 25.0 Å². The number of rotatable bonds is 5. The summed E-state index contributed by atoms with van der Waals surface area (Å²) >= 11 is 0. The van der Waals surface area contributed by atoms with Crippen molar-refractivity contribution in [3.63, 3.8) is 0 Å². The van der Waals surface area contributed by atoms with Crippen LogP contribution in [0.2, 0.25) is 0 Å². The zero-order valence-electron chi connectivity index (χ0n) is 36.1. The molecule has 4 aromatic heterocycles. The van der Waals surface area contributed by atoms with E-state index in [1.165, 1.54) is 33.0 Å². The molecule has 0 atom stereocenters. The smallest absolute Gasteiger partial charge is 0.164 e. The second kappa shape index (κ2) is 13.7. The molecule has 0 N–H and O–H groups in total. The molecule has 0 fully saturated rings. The monoisotopic (exact) mass is 846 g/mol. The first kappa shape index (κ1) is 36.8. The van der Waals surface area contributed by atoms with Crippen molar-refractivity contribution in [1.82, 2.24) is 19.5 Å². The molecule has 0 saturated carbocycles. The van der Waals surface area contributed by atoms with Crippen molar-refractivity contribution >= 4 is 65.7 Å². The van der Waals surface area contributed by atoms with Crippen LogP contribution in [-0.4, -0.2) is 19.5 Å². The minimum Gasteiger partial charge on any atom is -0.456 e. The number of nitrogens with zero attached hydrogens (tertiary/aromatic N) is 4. The van der Waals surface area contributed by atoms with E-state index in [0.717, 1.165) is 88.4 Å². The maximum atomic E-state index is 7.48. The number of para-hydroxylation sites is 3. The minimum absolute atomic E-state index is 0.189. The topological polar surface area (TPSA) is 69.9 Å². The lowest BCUT2D eigenvalue weighted by molar-refractivity contribution is 0.666. The summed E-state index contributed by atoms with van der Waals surface area (Å²) in [7, 11) is 0. The number of fused-ring (bicyclic) bond motifs is 13. The Morgan fingerprint density at radius 1 is 0.394 bits per heavy atom. The van der Waals surface area contributed by atoms with Gasteiger partial charge in [-0.05, 0) is 70.3 Å². The number of hydrogen-bond donors (Lipinski definition) is 0. The molecular weight excluding hydrogens is 809 g/mol. The van der Waals surface area contributed by atoms with Crippen LogP contribution in [0.4, 0.5) is 0 Å². The molecule has 9 aromatic carbocycles. The summed E-state index contributed by atoms with van der Waals surface area (Å²) in [5, 5.41) is 6.54. The van der Waals surface area contributed by atoms with Crippen LogP contribution in [0.5, 0.6) is 0 Å². The molecule has 0 saturated heterocycles. The van der Waals surface area contributed by atoms with Gasteiger partial charge in [-0.2, -0.15) is 0 Å². The lowest BCUT2D eigenvalue weighted by Gasteiger charge is -2.22. The molecule has 310 valence electrons. The third kappa shape index (κ3) is 5.15. The highest BCUT2D eigenvalue weighted by molar-refractivity contribution is 6.21. The van der Waals surface area contributed by atoms with Gasteiger partial charge in [-0.1, -0.05) is 166 Å². The summed E-state index contributed by atoms with van der Waals surface area (Å²) in [4.78, 5) is 15.6.